The van der Waals surface area contributed by atoms with Gasteiger partial charge in [0.2, 0.25) is 0 Å². The molecule has 2 aromatic rings. The van der Waals surface area contributed by atoms with Gasteiger partial charge >= 0.3 is 0 Å². The molecule has 0 fully saturated rings. The molecule has 0 aliphatic carbocycles. The van der Waals surface area contributed by atoms with E-state index in [0.29, 0.717) is 0 Å². The van der Waals surface area contributed by atoms with Crippen molar-refractivity contribution in [2.75, 3.05) is 0 Å². The number of nitrogens with zero attached hydrogens (tertiary/aromatic N) is 2. The van der Waals surface area contributed by atoms with E-state index in [4.69, 9.17) is 5.26 Å². The number of aromatic nitrogens is 1. The average Bonchev–Trinajstić information content (AvgIpc) is 2.82. The highest BCUT2D eigenvalue weighted by atomic mass is 79.9. The third-order valence-electron chi connectivity index (χ3n) is 2.85. The fraction of sp³-hybridized carbons (Fsp3) is 0.286. The summed E-state index contributed by atoms with van der Waals surface area (Å²) in [5, 5.41) is 12.1. The van der Waals surface area contributed by atoms with Gasteiger partial charge in [0.25, 0.3) is 0 Å². The predicted octanol–water partition coefficient (Wildman–Crippen LogP) is 4.68. The minimum Gasteiger partial charge on any atom is -0.239 e. The maximum Gasteiger partial charge on any atom is 0.123 e. The predicted molar refractivity (Wildman–Crippen MR) is 78.6 cm³/mol. The molecule has 4 heteroatoms. The van der Waals surface area contributed by atoms with Crippen LogP contribution in [0.1, 0.15) is 25.1 Å². The molecular formula is C14H13BrN2S. The Bertz CT molecular complexity index is 623. The SMILES string of the molecule is Cc1ccc(Br)cc1-c1nc(C(C)(C)C#N)cs1. The average molecular weight is 321 g/mol. The highest BCUT2D eigenvalue weighted by molar-refractivity contribution is 9.10. The molecule has 0 saturated heterocycles. The van der Waals surface area contributed by atoms with E-state index in [1.54, 1.807) is 11.3 Å². The molecule has 18 heavy (non-hydrogen) atoms. The molecule has 0 spiro atoms. The van der Waals surface area contributed by atoms with Crippen molar-refractivity contribution in [1.29, 1.82) is 5.26 Å². The van der Waals surface area contributed by atoms with Crippen molar-refractivity contribution in [1.82, 2.24) is 4.98 Å². The number of hydrogen-bond acceptors (Lipinski definition) is 3. The Morgan fingerprint density at radius 1 is 1.39 bits per heavy atom. The smallest absolute Gasteiger partial charge is 0.123 e. The maximum atomic E-state index is 9.13. The zero-order valence-corrected chi connectivity index (χ0v) is 12.9. The molecule has 2 nitrogen and oxygen atoms in total. The summed E-state index contributed by atoms with van der Waals surface area (Å²) in [5.74, 6) is 0. The van der Waals surface area contributed by atoms with Crippen LogP contribution in [0.4, 0.5) is 0 Å². The number of halogens is 1. The fourth-order valence-electron chi connectivity index (χ4n) is 1.57. The quantitative estimate of drug-likeness (QED) is 0.805. The highest BCUT2D eigenvalue weighted by Gasteiger charge is 2.23. The van der Waals surface area contributed by atoms with Gasteiger partial charge in [0.1, 0.15) is 5.01 Å². The third-order valence-corrected chi connectivity index (χ3v) is 4.22. The Balaban J connectivity index is 2.48. The topological polar surface area (TPSA) is 36.7 Å². The summed E-state index contributed by atoms with van der Waals surface area (Å²) in [6.07, 6.45) is 0. The molecule has 0 radical (unpaired) electrons. The molecule has 1 heterocycles. The summed E-state index contributed by atoms with van der Waals surface area (Å²) in [5.41, 5.74) is 2.61. The number of benzene rings is 1. The van der Waals surface area contributed by atoms with Gasteiger partial charge in [0.15, 0.2) is 0 Å². The van der Waals surface area contributed by atoms with Crippen molar-refractivity contribution in [2.45, 2.75) is 26.2 Å². The molecule has 0 aliphatic rings. The Hall–Kier alpha value is -1.18. The molecule has 1 aromatic carbocycles. The van der Waals surface area contributed by atoms with Gasteiger partial charge in [0.05, 0.1) is 17.2 Å². The van der Waals surface area contributed by atoms with E-state index in [-0.39, 0.29) is 0 Å². The van der Waals surface area contributed by atoms with Crippen LogP contribution < -0.4 is 0 Å². The Morgan fingerprint density at radius 2 is 2.11 bits per heavy atom. The second-order valence-corrected chi connectivity index (χ2v) is 6.51. The van der Waals surface area contributed by atoms with Crippen LogP contribution in [0, 0.1) is 18.3 Å². The Kier molecular flexibility index (Phi) is 3.56. The van der Waals surface area contributed by atoms with Crippen molar-refractivity contribution >= 4 is 27.3 Å². The summed E-state index contributed by atoms with van der Waals surface area (Å²) in [6.45, 7) is 5.84. The lowest BCUT2D eigenvalue weighted by atomic mass is 9.92. The summed E-state index contributed by atoms with van der Waals surface area (Å²) in [4.78, 5) is 4.60. The lowest BCUT2D eigenvalue weighted by molar-refractivity contribution is 0.666. The summed E-state index contributed by atoms with van der Waals surface area (Å²) < 4.78 is 1.04. The van der Waals surface area contributed by atoms with Crippen LogP contribution in [0.3, 0.4) is 0 Å². The molecule has 0 aliphatic heterocycles. The Morgan fingerprint density at radius 3 is 2.78 bits per heavy atom. The normalized spacial score (nSPS) is 11.3. The summed E-state index contributed by atoms with van der Waals surface area (Å²) >= 11 is 5.06. The standard InChI is InChI=1S/C14H13BrN2S/c1-9-4-5-10(15)6-11(9)13-17-12(7-18-13)14(2,3)8-16/h4-7H,1-3H3. The van der Waals surface area contributed by atoms with Crippen LogP contribution in [0.25, 0.3) is 10.6 Å². The first-order valence-electron chi connectivity index (χ1n) is 5.58. The van der Waals surface area contributed by atoms with Crippen molar-refractivity contribution in [3.05, 3.63) is 39.3 Å². The Labute approximate surface area is 119 Å². The molecular weight excluding hydrogens is 308 g/mol. The lowest BCUT2D eigenvalue weighted by Gasteiger charge is -2.10. The molecule has 0 N–H and O–H groups in total. The lowest BCUT2D eigenvalue weighted by Crippen LogP contribution is -2.14. The van der Waals surface area contributed by atoms with E-state index < -0.39 is 5.41 Å². The van der Waals surface area contributed by atoms with Gasteiger partial charge in [-0.25, -0.2) is 4.98 Å². The molecule has 1 aromatic heterocycles. The van der Waals surface area contributed by atoms with E-state index in [9.17, 15) is 0 Å². The van der Waals surface area contributed by atoms with E-state index in [1.165, 1.54) is 5.56 Å². The molecule has 0 saturated carbocycles. The summed E-state index contributed by atoms with van der Waals surface area (Å²) in [6, 6.07) is 8.44. The van der Waals surface area contributed by atoms with Crippen LogP contribution in [0.5, 0.6) is 0 Å². The van der Waals surface area contributed by atoms with Crippen LogP contribution in [-0.2, 0) is 5.41 Å². The number of aryl methyl sites for hydroxylation is 1. The number of nitriles is 1. The third kappa shape index (κ3) is 2.47. The van der Waals surface area contributed by atoms with E-state index >= 15 is 0 Å². The maximum absolute atomic E-state index is 9.13. The van der Waals surface area contributed by atoms with Crippen LogP contribution >= 0.6 is 27.3 Å². The minimum absolute atomic E-state index is 0.533. The van der Waals surface area contributed by atoms with Gasteiger partial charge in [0, 0.05) is 15.4 Å². The van der Waals surface area contributed by atoms with Gasteiger partial charge in [-0.2, -0.15) is 5.26 Å². The first kappa shape index (κ1) is 13.3. The second-order valence-electron chi connectivity index (χ2n) is 4.73. The van der Waals surface area contributed by atoms with E-state index in [0.717, 1.165) is 20.7 Å². The molecule has 2 rings (SSSR count). The number of thiazole rings is 1. The largest absolute Gasteiger partial charge is 0.239 e. The molecule has 0 amide bonds. The van der Waals surface area contributed by atoms with Gasteiger partial charge < -0.3 is 0 Å². The van der Waals surface area contributed by atoms with Crippen LogP contribution in [0.15, 0.2) is 28.1 Å². The van der Waals surface area contributed by atoms with Gasteiger partial charge in [-0.1, -0.05) is 22.0 Å². The fourth-order valence-corrected chi connectivity index (χ4v) is 3.00. The summed E-state index contributed by atoms with van der Waals surface area (Å²) in [7, 11) is 0. The minimum atomic E-state index is -0.533. The molecule has 0 bridgehead atoms. The second kappa shape index (κ2) is 4.83. The van der Waals surface area contributed by atoms with Crippen molar-refractivity contribution in [2.24, 2.45) is 0 Å². The van der Waals surface area contributed by atoms with Crippen molar-refractivity contribution in [3.63, 3.8) is 0 Å². The van der Waals surface area contributed by atoms with Crippen molar-refractivity contribution < 1.29 is 0 Å². The number of hydrogen-bond donors (Lipinski definition) is 0. The van der Waals surface area contributed by atoms with Crippen LogP contribution in [-0.4, -0.2) is 4.98 Å². The van der Waals surface area contributed by atoms with E-state index in [2.05, 4.69) is 46.0 Å². The number of rotatable bonds is 2. The highest BCUT2D eigenvalue weighted by Crippen LogP contribution is 2.32. The van der Waals surface area contributed by atoms with Gasteiger partial charge in [-0.3, -0.25) is 0 Å². The monoisotopic (exact) mass is 320 g/mol. The van der Waals surface area contributed by atoms with E-state index in [1.807, 2.05) is 25.3 Å². The molecule has 92 valence electrons. The van der Waals surface area contributed by atoms with Crippen molar-refractivity contribution in [3.8, 4) is 16.6 Å². The van der Waals surface area contributed by atoms with Gasteiger partial charge in [-0.05, 0) is 38.5 Å². The first-order valence-corrected chi connectivity index (χ1v) is 7.25. The molecule has 0 atom stereocenters. The van der Waals surface area contributed by atoms with Crippen LogP contribution in [0.2, 0.25) is 0 Å². The zero-order chi connectivity index (χ0) is 13.3. The van der Waals surface area contributed by atoms with Gasteiger partial charge in [-0.15, -0.1) is 11.3 Å². The zero-order valence-electron chi connectivity index (χ0n) is 10.5. The molecule has 0 unspecified atom stereocenters. The first-order chi connectivity index (χ1) is 8.44.